The first kappa shape index (κ1) is 14.4. The van der Waals surface area contributed by atoms with Gasteiger partial charge in [0.2, 0.25) is 0 Å². The number of nitrogens with one attached hydrogen (secondary N) is 1. The van der Waals surface area contributed by atoms with Crippen LogP contribution in [0.25, 0.3) is 0 Å². The zero-order chi connectivity index (χ0) is 14.7. The maximum atomic E-state index is 13.0. The van der Waals surface area contributed by atoms with Crippen LogP contribution in [-0.2, 0) is 6.54 Å². The van der Waals surface area contributed by atoms with Crippen molar-refractivity contribution in [1.29, 1.82) is 0 Å². The van der Waals surface area contributed by atoms with Crippen LogP contribution in [0.4, 0.5) is 8.78 Å². The van der Waals surface area contributed by atoms with Crippen LogP contribution < -0.4 is 5.32 Å². The van der Waals surface area contributed by atoms with Crippen LogP contribution in [0.15, 0.2) is 30.5 Å². The Morgan fingerprint density at radius 3 is 2.70 bits per heavy atom. The summed E-state index contributed by atoms with van der Waals surface area (Å²) in [5, 5.41) is 2.70. The second-order valence-corrected chi connectivity index (χ2v) is 4.58. The number of rotatable bonds is 3. The third-order valence-electron chi connectivity index (χ3n) is 2.78. The molecular formula is C14H11ClF2N2O. The minimum Gasteiger partial charge on any atom is -0.348 e. The fourth-order valence-electron chi connectivity index (χ4n) is 1.72. The molecular weight excluding hydrogens is 286 g/mol. The van der Waals surface area contributed by atoms with Crippen LogP contribution >= 0.6 is 11.6 Å². The molecule has 20 heavy (non-hydrogen) atoms. The lowest BCUT2D eigenvalue weighted by Crippen LogP contribution is -2.24. The van der Waals surface area contributed by atoms with Gasteiger partial charge in [-0.3, -0.25) is 4.79 Å². The van der Waals surface area contributed by atoms with E-state index in [2.05, 4.69) is 10.3 Å². The number of hydrogen-bond acceptors (Lipinski definition) is 2. The topological polar surface area (TPSA) is 42.0 Å². The molecule has 3 nitrogen and oxygen atoms in total. The van der Waals surface area contributed by atoms with Gasteiger partial charge in [0, 0.05) is 12.7 Å². The predicted octanol–water partition coefficient (Wildman–Crippen LogP) is 3.25. The van der Waals surface area contributed by atoms with Gasteiger partial charge in [-0.05, 0) is 36.2 Å². The normalized spacial score (nSPS) is 10.4. The Hall–Kier alpha value is -2.01. The molecule has 0 fully saturated rings. The maximum Gasteiger partial charge on any atom is 0.254 e. The molecule has 0 saturated carbocycles. The standard InChI is InChI=1S/C14H11ClF2N2O/c1-8-4-5-18-13(15)12(8)14(20)19-7-9-2-3-10(16)11(17)6-9/h2-6H,7H2,1H3,(H,19,20). The molecule has 0 aliphatic rings. The molecule has 1 heterocycles. The third kappa shape index (κ3) is 3.11. The van der Waals surface area contributed by atoms with Crippen LogP contribution in [0.3, 0.4) is 0 Å². The summed E-state index contributed by atoms with van der Waals surface area (Å²) in [5.41, 5.74) is 1.42. The van der Waals surface area contributed by atoms with Crippen molar-refractivity contribution in [3.63, 3.8) is 0 Å². The zero-order valence-electron chi connectivity index (χ0n) is 10.6. The van der Waals surface area contributed by atoms with Crippen molar-refractivity contribution in [3.8, 4) is 0 Å². The lowest BCUT2D eigenvalue weighted by molar-refractivity contribution is 0.0950. The molecule has 0 bridgehead atoms. The van der Waals surface area contributed by atoms with Crippen LogP contribution in [0.5, 0.6) is 0 Å². The number of aryl methyl sites for hydroxylation is 1. The first-order valence-corrected chi connectivity index (χ1v) is 6.20. The minimum absolute atomic E-state index is 0.0701. The Balaban J connectivity index is 2.11. The lowest BCUT2D eigenvalue weighted by atomic mass is 10.1. The second kappa shape index (κ2) is 5.96. The van der Waals surface area contributed by atoms with Gasteiger partial charge >= 0.3 is 0 Å². The van der Waals surface area contributed by atoms with E-state index in [9.17, 15) is 13.6 Å². The maximum absolute atomic E-state index is 13.0. The highest BCUT2D eigenvalue weighted by Gasteiger charge is 2.14. The number of halogens is 3. The van der Waals surface area contributed by atoms with Gasteiger partial charge < -0.3 is 5.32 Å². The van der Waals surface area contributed by atoms with E-state index in [-0.39, 0.29) is 17.3 Å². The van der Waals surface area contributed by atoms with E-state index in [0.717, 1.165) is 12.1 Å². The van der Waals surface area contributed by atoms with E-state index < -0.39 is 17.5 Å². The molecule has 0 atom stereocenters. The van der Waals surface area contributed by atoms with E-state index in [1.807, 2.05) is 0 Å². The Kier molecular flexibility index (Phi) is 4.29. The number of aromatic nitrogens is 1. The van der Waals surface area contributed by atoms with Crippen molar-refractivity contribution < 1.29 is 13.6 Å². The van der Waals surface area contributed by atoms with Crippen molar-refractivity contribution in [2.24, 2.45) is 0 Å². The fraction of sp³-hybridized carbons (Fsp3) is 0.143. The molecule has 1 aromatic heterocycles. The summed E-state index contributed by atoms with van der Waals surface area (Å²) in [6, 6.07) is 5.11. The van der Waals surface area contributed by atoms with E-state index >= 15 is 0 Å². The van der Waals surface area contributed by atoms with Crippen molar-refractivity contribution in [1.82, 2.24) is 10.3 Å². The summed E-state index contributed by atoms with van der Waals surface area (Å²) >= 11 is 5.87. The summed E-state index contributed by atoms with van der Waals surface area (Å²) in [5.74, 6) is -2.29. The van der Waals surface area contributed by atoms with Crippen LogP contribution in [-0.4, -0.2) is 10.9 Å². The number of pyridine rings is 1. The number of hydrogen-bond donors (Lipinski definition) is 1. The lowest BCUT2D eigenvalue weighted by Gasteiger charge is -2.09. The molecule has 2 rings (SSSR count). The summed E-state index contributed by atoms with van der Waals surface area (Å²) < 4.78 is 25.8. The Bertz CT molecular complexity index is 641. The minimum atomic E-state index is -0.952. The van der Waals surface area contributed by atoms with Gasteiger partial charge in [0.25, 0.3) is 5.91 Å². The summed E-state index contributed by atoms with van der Waals surface area (Å²) in [7, 11) is 0. The van der Waals surface area contributed by atoms with Gasteiger partial charge in [-0.1, -0.05) is 17.7 Å². The first-order valence-electron chi connectivity index (χ1n) is 5.82. The fourth-order valence-corrected chi connectivity index (χ4v) is 2.01. The molecule has 0 saturated heterocycles. The highest BCUT2D eigenvalue weighted by Crippen LogP contribution is 2.16. The van der Waals surface area contributed by atoms with E-state index in [1.54, 1.807) is 13.0 Å². The molecule has 0 unspecified atom stereocenters. The number of amides is 1. The predicted molar refractivity (Wildman–Crippen MR) is 71.5 cm³/mol. The van der Waals surface area contributed by atoms with Crippen molar-refractivity contribution in [2.45, 2.75) is 13.5 Å². The molecule has 0 aliphatic carbocycles. The van der Waals surface area contributed by atoms with Gasteiger partial charge in [-0.2, -0.15) is 0 Å². The molecule has 0 radical (unpaired) electrons. The van der Waals surface area contributed by atoms with Crippen molar-refractivity contribution in [2.75, 3.05) is 0 Å². The number of carbonyl (C=O) groups is 1. The van der Waals surface area contributed by atoms with Crippen LogP contribution in [0.1, 0.15) is 21.5 Å². The van der Waals surface area contributed by atoms with Crippen molar-refractivity contribution in [3.05, 3.63) is 63.9 Å². The van der Waals surface area contributed by atoms with Crippen LogP contribution in [0, 0.1) is 18.6 Å². The quantitative estimate of drug-likeness (QED) is 0.884. The van der Waals surface area contributed by atoms with Gasteiger partial charge in [-0.15, -0.1) is 0 Å². The third-order valence-corrected chi connectivity index (χ3v) is 3.06. The first-order chi connectivity index (χ1) is 9.49. The van der Waals surface area contributed by atoms with Crippen LogP contribution in [0.2, 0.25) is 5.15 Å². The molecule has 6 heteroatoms. The molecule has 104 valence electrons. The van der Waals surface area contributed by atoms with Gasteiger partial charge in [0.1, 0.15) is 5.15 Å². The number of carbonyl (C=O) groups excluding carboxylic acids is 1. The summed E-state index contributed by atoms with van der Waals surface area (Å²) in [6.07, 6.45) is 1.50. The van der Waals surface area contributed by atoms with Gasteiger partial charge in [0.05, 0.1) is 5.56 Å². The van der Waals surface area contributed by atoms with E-state index in [1.165, 1.54) is 12.3 Å². The largest absolute Gasteiger partial charge is 0.348 e. The van der Waals surface area contributed by atoms with Crippen molar-refractivity contribution >= 4 is 17.5 Å². The highest BCUT2D eigenvalue weighted by molar-refractivity contribution is 6.32. The zero-order valence-corrected chi connectivity index (χ0v) is 11.3. The van der Waals surface area contributed by atoms with Gasteiger partial charge in [0.15, 0.2) is 11.6 Å². The van der Waals surface area contributed by atoms with E-state index in [0.29, 0.717) is 11.1 Å². The Morgan fingerprint density at radius 2 is 2.05 bits per heavy atom. The second-order valence-electron chi connectivity index (χ2n) is 4.22. The molecule has 0 spiro atoms. The number of benzene rings is 1. The summed E-state index contributed by atoms with van der Waals surface area (Å²) in [6.45, 7) is 1.81. The molecule has 1 amide bonds. The summed E-state index contributed by atoms with van der Waals surface area (Å²) in [4.78, 5) is 15.8. The van der Waals surface area contributed by atoms with E-state index in [4.69, 9.17) is 11.6 Å². The monoisotopic (exact) mass is 296 g/mol. The smallest absolute Gasteiger partial charge is 0.254 e. The Labute approximate surface area is 119 Å². The Morgan fingerprint density at radius 1 is 1.30 bits per heavy atom. The average molecular weight is 297 g/mol. The average Bonchev–Trinajstić information content (AvgIpc) is 2.40. The highest BCUT2D eigenvalue weighted by atomic mass is 35.5. The molecule has 1 aromatic carbocycles. The molecule has 2 aromatic rings. The molecule has 1 N–H and O–H groups in total. The SMILES string of the molecule is Cc1ccnc(Cl)c1C(=O)NCc1ccc(F)c(F)c1. The molecule has 0 aliphatic heterocycles. The van der Waals surface area contributed by atoms with Gasteiger partial charge in [-0.25, -0.2) is 13.8 Å². The number of nitrogens with zero attached hydrogens (tertiary/aromatic N) is 1.